The summed E-state index contributed by atoms with van der Waals surface area (Å²) in [4.78, 5) is 11.6. The minimum Gasteiger partial charge on any atom is -0.383 e. The van der Waals surface area contributed by atoms with E-state index in [-0.39, 0.29) is 12.5 Å². The van der Waals surface area contributed by atoms with Crippen molar-refractivity contribution in [1.82, 2.24) is 0 Å². The number of nitrogens with one attached hydrogen (secondary N) is 1. The fourth-order valence-electron chi connectivity index (χ4n) is 1.07. The largest absolute Gasteiger partial charge is 0.383 e. The molecule has 0 radical (unpaired) electrons. The third-order valence-electron chi connectivity index (χ3n) is 1.87. The molecule has 0 aliphatic rings. The van der Waals surface area contributed by atoms with Gasteiger partial charge in [0, 0.05) is 10.7 Å². The maximum Gasteiger partial charge on any atom is 0.243 e. The van der Waals surface area contributed by atoms with Gasteiger partial charge >= 0.3 is 0 Å². The van der Waals surface area contributed by atoms with Crippen molar-refractivity contribution in [3.05, 3.63) is 26.8 Å². The summed E-state index contributed by atoms with van der Waals surface area (Å²) in [6, 6.07) is 4.66. The summed E-state index contributed by atoms with van der Waals surface area (Å²) in [6.45, 7) is 0.174. The van der Waals surface area contributed by atoms with Crippen LogP contribution < -0.4 is 11.1 Å². The molecule has 16 heavy (non-hydrogen) atoms. The summed E-state index contributed by atoms with van der Waals surface area (Å²) in [6.07, 6.45) is 0. The zero-order valence-corrected chi connectivity index (χ0v) is 11.6. The van der Waals surface area contributed by atoms with Gasteiger partial charge in [0.15, 0.2) is 0 Å². The summed E-state index contributed by atoms with van der Waals surface area (Å²) in [5.41, 5.74) is 6.13. The zero-order valence-electron chi connectivity index (χ0n) is 8.67. The molecule has 0 spiro atoms. The zero-order chi connectivity index (χ0) is 12.1. The summed E-state index contributed by atoms with van der Waals surface area (Å²) in [5, 5.41) is 3.13. The van der Waals surface area contributed by atoms with Crippen LogP contribution in [0.5, 0.6) is 0 Å². The normalized spacial score (nSPS) is 12.2. The lowest BCUT2D eigenvalue weighted by Gasteiger charge is -2.12. The third kappa shape index (κ3) is 3.89. The van der Waals surface area contributed by atoms with Crippen LogP contribution in [0.3, 0.4) is 0 Å². The maximum absolute atomic E-state index is 11.6. The van der Waals surface area contributed by atoms with Crippen molar-refractivity contribution in [2.24, 2.45) is 5.73 Å². The van der Waals surface area contributed by atoms with E-state index >= 15 is 0 Å². The van der Waals surface area contributed by atoms with Crippen molar-refractivity contribution in [3.63, 3.8) is 0 Å². The number of nitrogens with two attached hydrogens (primary N) is 1. The van der Waals surface area contributed by atoms with Gasteiger partial charge in [0.2, 0.25) is 5.91 Å². The molecule has 0 saturated carbocycles. The Kier molecular flexibility index (Phi) is 5.47. The molecule has 1 aromatic carbocycles. The number of methoxy groups -OCH3 is 1. The molecule has 0 bridgehead atoms. The highest BCUT2D eigenvalue weighted by Crippen LogP contribution is 2.23. The molecule has 0 heterocycles. The van der Waals surface area contributed by atoms with Gasteiger partial charge < -0.3 is 15.8 Å². The number of halogens is 2. The lowest BCUT2D eigenvalue weighted by Crippen LogP contribution is -2.39. The van der Waals surface area contributed by atoms with Gasteiger partial charge in [-0.15, -0.1) is 0 Å². The number of hydrogen-bond donors (Lipinski definition) is 2. The molecule has 0 aliphatic carbocycles. The predicted octanol–water partition coefficient (Wildman–Crippen LogP) is 1.86. The lowest BCUT2D eigenvalue weighted by atomic mass is 10.2. The van der Waals surface area contributed by atoms with E-state index in [1.54, 1.807) is 12.1 Å². The minimum absolute atomic E-state index is 0.174. The van der Waals surface area contributed by atoms with Gasteiger partial charge in [-0.05, 0) is 40.8 Å². The van der Waals surface area contributed by atoms with Gasteiger partial charge in [-0.25, -0.2) is 0 Å². The second-order valence-electron chi connectivity index (χ2n) is 3.18. The molecule has 1 rings (SSSR count). The smallest absolute Gasteiger partial charge is 0.243 e. The van der Waals surface area contributed by atoms with Crippen LogP contribution >= 0.6 is 34.2 Å². The maximum atomic E-state index is 11.6. The van der Waals surface area contributed by atoms with Crippen LogP contribution in [0, 0.1) is 3.57 Å². The minimum atomic E-state index is -0.694. The van der Waals surface area contributed by atoms with Gasteiger partial charge in [0.05, 0.1) is 17.3 Å². The van der Waals surface area contributed by atoms with Crippen molar-refractivity contribution in [2.75, 3.05) is 19.0 Å². The van der Waals surface area contributed by atoms with E-state index in [2.05, 4.69) is 27.9 Å². The van der Waals surface area contributed by atoms with Gasteiger partial charge in [0.1, 0.15) is 6.04 Å². The summed E-state index contributed by atoms with van der Waals surface area (Å²) in [5.74, 6) is -0.315. The summed E-state index contributed by atoms with van der Waals surface area (Å²) in [7, 11) is 1.49. The standard InChI is InChI=1S/C10H12ClIN2O2/c1-16-5-8(13)10(15)14-9-3-2-6(12)4-7(9)11/h2-4,8H,5,13H2,1H3,(H,14,15). The van der Waals surface area contributed by atoms with Crippen LogP contribution in [0.2, 0.25) is 5.02 Å². The first-order valence-corrected chi connectivity index (χ1v) is 6.00. The molecular formula is C10H12ClIN2O2. The Hall–Kier alpha value is -0.370. The molecule has 4 nitrogen and oxygen atoms in total. The van der Waals surface area contributed by atoms with Gasteiger partial charge in [-0.1, -0.05) is 11.6 Å². The Labute approximate surface area is 113 Å². The summed E-state index contributed by atoms with van der Waals surface area (Å²) >= 11 is 8.10. The Balaban J connectivity index is 2.69. The Bertz CT molecular complexity index is 387. The number of carbonyl (C=O) groups excluding carboxylic acids is 1. The number of rotatable bonds is 4. The average molecular weight is 355 g/mol. The topological polar surface area (TPSA) is 64.3 Å². The number of benzene rings is 1. The third-order valence-corrected chi connectivity index (χ3v) is 2.86. The molecule has 1 aromatic rings. The van der Waals surface area contributed by atoms with E-state index in [1.165, 1.54) is 7.11 Å². The Morgan fingerprint density at radius 1 is 1.69 bits per heavy atom. The van der Waals surface area contributed by atoms with E-state index in [9.17, 15) is 4.79 Å². The molecule has 88 valence electrons. The quantitative estimate of drug-likeness (QED) is 0.811. The highest BCUT2D eigenvalue weighted by molar-refractivity contribution is 14.1. The van der Waals surface area contributed by atoms with E-state index in [0.29, 0.717) is 10.7 Å². The van der Waals surface area contributed by atoms with Crippen LogP contribution in [0.1, 0.15) is 0 Å². The van der Waals surface area contributed by atoms with Crippen molar-refractivity contribution in [3.8, 4) is 0 Å². The van der Waals surface area contributed by atoms with E-state index < -0.39 is 6.04 Å². The molecule has 0 fully saturated rings. The molecular weight excluding hydrogens is 342 g/mol. The lowest BCUT2D eigenvalue weighted by molar-refractivity contribution is -0.118. The van der Waals surface area contributed by atoms with Gasteiger partial charge in [-0.3, -0.25) is 4.79 Å². The van der Waals surface area contributed by atoms with E-state index in [1.807, 2.05) is 6.07 Å². The number of ether oxygens (including phenoxy) is 1. The van der Waals surface area contributed by atoms with Crippen LogP contribution in [0.4, 0.5) is 5.69 Å². The fourth-order valence-corrected chi connectivity index (χ4v) is 1.97. The first kappa shape index (κ1) is 13.7. The molecule has 3 N–H and O–H groups in total. The SMILES string of the molecule is COCC(N)C(=O)Nc1ccc(I)cc1Cl. The van der Waals surface area contributed by atoms with E-state index in [0.717, 1.165) is 3.57 Å². The van der Waals surface area contributed by atoms with Gasteiger partial charge in [-0.2, -0.15) is 0 Å². The van der Waals surface area contributed by atoms with Crippen molar-refractivity contribution >= 4 is 45.8 Å². The molecule has 1 atom stereocenters. The van der Waals surface area contributed by atoms with Crippen LogP contribution in [0.15, 0.2) is 18.2 Å². The average Bonchev–Trinajstić information content (AvgIpc) is 2.22. The van der Waals surface area contributed by atoms with Crippen molar-refractivity contribution in [2.45, 2.75) is 6.04 Å². The fraction of sp³-hybridized carbons (Fsp3) is 0.300. The summed E-state index contributed by atoms with van der Waals surface area (Å²) < 4.78 is 5.79. The number of carbonyl (C=O) groups is 1. The number of amides is 1. The van der Waals surface area contributed by atoms with Gasteiger partial charge in [0.25, 0.3) is 0 Å². The highest BCUT2D eigenvalue weighted by Gasteiger charge is 2.14. The first-order valence-electron chi connectivity index (χ1n) is 4.55. The second kappa shape index (κ2) is 6.39. The van der Waals surface area contributed by atoms with E-state index in [4.69, 9.17) is 22.1 Å². The number of hydrogen-bond acceptors (Lipinski definition) is 3. The highest BCUT2D eigenvalue weighted by atomic mass is 127. The molecule has 1 unspecified atom stereocenters. The van der Waals surface area contributed by atoms with Crippen molar-refractivity contribution in [1.29, 1.82) is 0 Å². The van der Waals surface area contributed by atoms with Crippen molar-refractivity contribution < 1.29 is 9.53 Å². The molecule has 0 aliphatic heterocycles. The number of anilines is 1. The molecule has 0 saturated heterocycles. The monoisotopic (exact) mass is 354 g/mol. The Morgan fingerprint density at radius 3 is 2.94 bits per heavy atom. The molecule has 0 aromatic heterocycles. The first-order chi connectivity index (χ1) is 7.54. The molecule has 1 amide bonds. The van der Waals surface area contributed by atoms with Crippen LogP contribution in [0.25, 0.3) is 0 Å². The van der Waals surface area contributed by atoms with Crippen LogP contribution in [-0.4, -0.2) is 25.7 Å². The van der Waals surface area contributed by atoms with Crippen LogP contribution in [-0.2, 0) is 9.53 Å². The predicted molar refractivity (Wildman–Crippen MR) is 72.7 cm³/mol. The Morgan fingerprint density at radius 2 is 2.38 bits per heavy atom. The second-order valence-corrected chi connectivity index (χ2v) is 4.83. The molecule has 6 heteroatoms.